The van der Waals surface area contributed by atoms with Crippen LogP contribution in [0.15, 0.2) is 67.1 Å². The van der Waals surface area contributed by atoms with E-state index < -0.39 is 0 Å². The molecule has 0 atom stereocenters. The van der Waals surface area contributed by atoms with Crippen LogP contribution in [0.2, 0.25) is 0 Å². The Morgan fingerprint density at radius 2 is 1.93 bits per heavy atom. The molecule has 5 heteroatoms. The van der Waals surface area contributed by atoms with Gasteiger partial charge in [-0.2, -0.15) is 5.26 Å². The first-order valence-electron chi connectivity index (χ1n) is 8.82. The number of pyridine rings is 1. The predicted molar refractivity (Wildman–Crippen MR) is 106 cm³/mol. The van der Waals surface area contributed by atoms with Crippen molar-refractivity contribution in [3.63, 3.8) is 0 Å². The van der Waals surface area contributed by atoms with Gasteiger partial charge in [0, 0.05) is 37.1 Å². The maximum Gasteiger partial charge on any atom is 0.105 e. The molecule has 0 fully saturated rings. The SMILES string of the molecule is Cc1nccn1Cc1cccc(CNc2c(C#N)cnc3ccccc23)c1. The number of rotatable bonds is 5. The Hall–Kier alpha value is -3.65. The smallest absolute Gasteiger partial charge is 0.105 e. The number of benzene rings is 2. The van der Waals surface area contributed by atoms with Crippen LogP contribution in [-0.2, 0) is 13.1 Å². The standard InChI is InChI=1S/C22H19N5/c1-16-24-9-10-27(16)15-18-6-4-5-17(11-18)13-26-22-19(12-23)14-25-21-8-3-2-7-20(21)22/h2-11,14H,13,15H2,1H3,(H,25,26). The minimum absolute atomic E-state index is 0.555. The van der Waals surface area contributed by atoms with Gasteiger partial charge in [-0.3, -0.25) is 4.98 Å². The van der Waals surface area contributed by atoms with E-state index in [4.69, 9.17) is 0 Å². The average Bonchev–Trinajstić information content (AvgIpc) is 3.10. The van der Waals surface area contributed by atoms with Crippen LogP contribution >= 0.6 is 0 Å². The molecule has 2 heterocycles. The van der Waals surface area contributed by atoms with Crippen molar-refractivity contribution in [2.45, 2.75) is 20.0 Å². The van der Waals surface area contributed by atoms with Crippen LogP contribution in [0.4, 0.5) is 5.69 Å². The van der Waals surface area contributed by atoms with Gasteiger partial charge in [-0.15, -0.1) is 0 Å². The summed E-state index contributed by atoms with van der Waals surface area (Å²) >= 11 is 0. The molecule has 0 bridgehead atoms. The molecule has 0 unspecified atom stereocenters. The zero-order valence-corrected chi connectivity index (χ0v) is 15.1. The number of hydrogen-bond donors (Lipinski definition) is 1. The monoisotopic (exact) mass is 353 g/mol. The summed E-state index contributed by atoms with van der Waals surface area (Å²) in [6.45, 7) is 3.43. The number of imidazole rings is 1. The largest absolute Gasteiger partial charge is 0.379 e. The molecular formula is C22H19N5. The summed E-state index contributed by atoms with van der Waals surface area (Å²) in [4.78, 5) is 8.63. The minimum Gasteiger partial charge on any atom is -0.379 e. The van der Waals surface area contributed by atoms with Crippen molar-refractivity contribution in [2.24, 2.45) is 0 Å². The van der Waals surface area contributed by atoms with Crippen molar-refractivity contribution < 1.29 is 0 Å². The number of aromatic nitrogens is 3. The Bertz CT molecular complexity index is 1140. The van der Waals surface area contributed by atoms with Crippen LogP contribution in [0, 0.1) is 18.3 Å². The molecule has 0 aliphatic rings. The van der Waals surface area contributed by atoms with Gasteiger partial charge in [-0.05, 0) is 24.1 Å². The molecule has 2 aromatic heterocycles. The van der Waals surface area contributed by atoms with Gasteiger partial charge in [0.05, 0.1) is 16.8 Å². The summed E-state index contributed by atoms with van der Waals surface area (Å²) in [5, 5.41) is 13.8. The quantitative estimate of drug-likeness (QED) is 0.582. The summed E-state index contributed by atoms with van der Waals surface area (Å²) in [7, 11) is 0. The highest BCUT2D eigenvalue weighted by molar-refractivity contribution is 5.93. The number of aryl methyl sites for hydroxylation is 1. The maximum atomic E-state index is 9.45. The minimum atomic E-state index is 0.555. The third-order valence-corrected chi connectivity index (χ3v) is 4.63. The normalized spacial score (nSPS) is 10.7. The van der Waals surface area contributed by atoms with E-state index in [0.717, 1.165) is 34.5 Å². The highest BCUT2D eigenvalue weighted by Gasteiger charge is 2.08. The Labute approximate surface area is 157 Å². The highest BCUT2D eigenvalue weighted by Crippen LogP contribution is 2.26. The van der Waals surface area contributed by atoms with Crippen molar-refractivity contribution >= 4 is 16.6 Å². The number of nitriles is 1. The second kappa shape index (κ2) is 7.30. The van der Waals surface area contributed by atoms with Gasteiger partial charge < -0.3 is 9.88 Å². The van der Waals surface area contributed by atoms with Crippen LogP contribution < -0.4 is 5.32 Å². The molecule has 4 rings (SSSR count). The summed E-state index contributed by atoms with van der Waals surface area (Å²) in [5.41, 5.74) is 4.65. The fourth-order valence-electron chi connectivity index (χ4n) is 3.21. The fraction of sp³-hybridized carbons (Fsp3) is 0.136. The van der Waals surface area contributed by atoms with Crippen molar-refractivity contribution in [2.75, 3.05) is 5.32 Å². The van der Waals surface area contributed by atoms with E-state index in [-0.39, 0.29) is 0 Å². The summed E-state index contributed by atoms with van der Waals surface area (Å²) in [6.07, 6.45) is 5.43. The average molecular weight is 353 g/mol. The number of para-hydroxylation sites is 1. The molecule has 27 heavy (non-hydrogen) atoms. The van der Waals surface area contributed by atoms with Gasteiger partial charge >= 0.3 is 0 Å². The predicted octanol–water partition coefficient (Wildman–Crippen LogP) is 4.27. The van der Waals surface area contributed by atoms with E-state index in [2.05, 4.69) is 50.2 Å². The third-order valence-electron chi connectivity index (χ3n) is 4.63. The number of nitrogens with zero attached hydrogens (tertiary/aromatic N) is 4. The van der Waals surface area contributed by atoms with Gasteiger partial charge in [0.15, 0.2) is 0 Å². The van der Waals surface area contributed by atoms with E-state index in [0.29, 0.717) is 12.1 Å². The second-order valence-corrected chi connectivity index (χ2v) is 6.45. The van der Waals surface area contributed by atoms with Gasteiger partial charge in [-0.1, -0.05) is 42.5 Å². The summed E-state index contributed by atoms with van der Waals surface area (Å²) in [6, 6.07) is 18.5. The lowest BCUT2D eigenvalue weighted by Crippen LogP contribution is -2.05. The lowest BCUT2D eigenvalue weighted by atomic mass is 10.1. The fourth-order valence-corrected chi connectivity index (χ4v) is 3.21. The number of nitrogens with one attached hydrogen (secondary N) is 1. The highest BCUT2D eigenvalue weighted by atomic mass is 15.0. The van der Waals surface area contributed by atoms with Crippen molar-refractivity contribution in [1.82, 2.24) is 14.5 Å². The molecule has 1 N–H and O–H groups in total. The Morgan fingerprint density at radius 1 is 1.07 bits per heavy atom. The molecule has 5 nitrogen and oxygen atoms in total. The molecule has 0 aliphatic heterocycles. The van der Waals surface area contributed by atoms with Crippen molar-refractivity contribution in [3.05, 3.63) is 89.6 Å². The molecule has 0 spiro atoms. The van der Waals surface area contributed by atoms with E-state index in [9.17, 15) is 5.26 Å². The number of fused-ring (bicyclic) bond motifs is 1. The molecule has 0 aliphatic carbocycles. The third kappa shape index (κ3) is 3.51. The molecular weight excluding hydrogens is 334 g/mol. The summed E-state index contributed by atoms with van der Waals surface area (Å²) < 4.78 is 2.12. The van der Waals surface area contributed by atoms with Crippen molar-refractivity contribution in [3.8, 4) is 6.07 Å². The Kier molecular flexibility index (Phi) is 4.54. The van der Waals surface area contributed by atoms with Crippen LogP contribution in [-0.4, -0.2) is 14.5 Å². The Morgan fingerprint density at radius 3 is 2.74 bits per heavy atom. The first kappa shape index (κ1) is 16.8. The lowest BCUT2D eigenvalue weighted by molar-refractivity contribution is 0.760. The van der Waals surface area contributed by atoms with Crippen LogP contribution in [0.1, 0.15) is 22.5 Å². The molecule has 0 radical (unpaired) electrons. The molecule has 132 valence electrons. The molecule has 0 saturated carbocycles. The lowest BCUT2D eigenvalue weighted by Gasteiger charge is -2.12. The first-order valence-corrected chi connectivity index (χ1v) is 8.82. The van der Waals surface area contributed by atoms with E-state index >= 15 is 0 Å². The second-order valence-electron chi connectivity index (χ2n) is 6.45. The van der Waals surface area contributed by atoms with Gasteiger partial charge in [-0.25, -0.2) is 4.98 Å². The van der Waals surface area contributed by atoms with Gasteiger partial charge in [0.1, 0.15) is 11.9 Å². The zero-order chi connectivity index (χ0) is 18.6. The number of anilines is 1. The molecule has 2 aromatic carbocycles. The van der Waals surface area contributed by atoms with Crippen molar-refractivity contribution in [1.29, 1.82) is 5.26 Å². The van der Waals surface area contributed by atoms with Crippen LogP contribution in [0.3, 0.4) is 0 Å². The van der Waals surface area contributed by atoms with E-state index in [1.54, 1.807) is 6.20 Å². The first-order chi connectivity index (χ1) is 13.2. The summed E-state index contributed by atoms with van der Waals surface area (Å²) in [5.74, 6) is 1.00. The number of hydrogen-bond acceptors (Lipinski definition) is 4. The van der Waals surface area contributed by atoms with E-state index in [1.165, 1.54) is 5.56 Å². The zero-order valence-electron chi connectivity index (χ0n) is 15.1. The molecule has 4 aromatic rings. The van der Waals surface area contributed by atoms with Gasteiger partial charge in [0.25, 0.3) is 0 Å². The van der Waals surface area contributed by atoms with Crippen LogP contribution in [0.5, 0.6) is 0 Å². The topological polar surface area (TPSA) is 66.5 Å². The Balaban J connectivity index is 1.58. The molecule has 0 amide bonds. The van der Waals surface area contributed by atoms with Gasteiger partial charge in [0.2, 0.25) is 0 Å². The van der Waals surface area contributed by atoms with Crippen LogP contribution in [0.25, 0.3) is 10.9 Å². The molecule has 0 saturated heterocycles. The maximum absolute atomic E-state index is 9.45. The van der Waals surface area contributed by atoms with E-state index in [1.807, 2.05) is 43.6 Å².